The number of hydrogen-bond donors (Lipinski definition) is 0. The Hall–Kier alpha value is 0.411. The van der Waals surface area contributed by atoms with Crippen molar-refractivity contribution in [3.8, 4) is 0 Å². The summed E-state index contributed by atoms with van der Waals surface area (Å²) in [5, 5.41) is 0. The SMILES string of the molecule is CC1=C(C)C(C)[C]([Ti])=C1C.C[SiH2]C. The van der Waals surface area contributed by atoms with Crippen molar-refractivity contribution in [2.75, 3.05) is 0 Å². The van der Waals surface area contributed by atoms with Gasteiger partial charge in [-0.25, -0.2) is 0 Å². The van der Waals surface area contributed by atoms with Gasteiger partial charge in [-0.2, -0.15) is 0 Å². The van der Waals surface area contributed by atoms with E-state index in [9.17, 15) is 0 Å². The van der Waals surface area contributed by atoms with E-state index in [0.29, 0.717) is 15.4 Å². The standard InChI is InChI=1S/C9H13.C2H8Si.Ti/c1-6-5-7(2)9(4)8(6)3;1-3-2;/h6H,1-4H3;3H2,1-2H3;. The van der Waals surface area contributed by atoms with E-state index in [2.05, 4.69) is 61.2 Å². The van der Waals surface area contributed by atoms with E-state index in [-0.39, 0.29) is 0 Å². The van der Waals surface area contributed by atoms with Crippen LogP contribution in [0.2, 0.25) is 13.1 Å². The van der Waals surface area contributed by atoms with Gasteiger partial charge in [-0.15, -0.1) is 0 Å². The zero-order valence-electron chi connectivity index (χ0n) is 9.78. The Morgan fingerprint density at radius 1 is 1.08 bits per heavy atom. The molecule has 73 valence electrons. The second kappa shape index (κ2) is 6.00. The van der Waals surface area contributed by atoms with Crippen LogP contribution in [-0.2, 0) is 20.4 Å². The van der Waals surface area contributed by atoms with Gasteiger partial charge in [0, 0.05) is 9.52 Å². The van der Waals surface area contributed by atoms with E-state index in [1.54, 1.807) is 9.45 Å². The van der Waals surface area contributed by atoms with Crippen LogP contribution in [0, 0.1) is 5.92 Å². The van der Waals surface area contributed by atoms with Crippen molar-refractivity contribution in [2.45, 2.75) is 40.8 Å². The largest absolute Gasteiger partial charge is 0.0750 e. The molecule has 0 heterocycles. The summed E-state index contributed by atoms with van der Waals surface area (Å²) >= 11 is 2.24. The third kappa shape index (κ3) is 3.23. The van der Waals surface area contributed by atoms with Crippen LogP contribution in [0.15, 0.2) is 20.6 Å². The molecular formula is C11H21SiTi. The van der Waals surface area contributed by atoms with Crippen molar-refractivity contribution in [1.29, 1.82) is 0 Å². The molecule has 0 saturated heterocycles. The Morgan fingerprint density at radius 3 is 1.54 bits per heavy atom. The van der Waals surface area contributed by atoms with Gasteiger partial charge in [0.2, 0.25) is 0 Å². The molecule has 1 unspecified atom stereocenters. The van der Waals surface area contributed by atoms with Crippen molar-refractivity contribution < 1.29 is 20.4 Å². The van der Waals surface area contributed by atoms with Crippen LogP contribution in [-0.4, -0.2) is 9.52 Å². The van der Waals surface area contributed by atoms with Gasteiger partial charge in [-0.3, -0.25) is 0 Å². The third-order valence-electron chi connectivity index (χ3n) is 2.64. The topological polar surface area (TPSA) is 0 Å². The average molecular weight is 229 g/mol. The first-order valence-electron chi connectivity index (χ1n) is 5.07. The maximum absolute atomic E-state index is 2.28. The summed E-state index contributed by atoms with van der Waals surface area (Å²) in [6.45, 7) is 13.5. The summed E-state index contributed by atoms with van der Waals surface area (Å²) in [5.74, 6) is 0.694. The van der Waals surface area contributed by atoms with Crippen LogP contribution in [0.3, 0.4) is 0 Å². The summed E-state index contributed by atoms with van der Waals surface area (Å²) in [7, 11) is 0.417. The van der Waals surface area contributed by atoms with Gasteiger partial charge in [0.25, 0.3) is 0 Å². The fourth-order valence-electron chi connectivity index (χ4n) is 1.36. The summed E-state index contributed by atoms with van der Waals surface area (Å²) in [5.41, 5.74) is 4.56. The van der Waals surface area contributed by atoms with Crippen LogP contribution < -0.4 is 0 Å². The quantitative estimate of drug-likeness (QED) is 0.560. The molecule has 0 N–H and O–H groups in total. The van der Waals surface area contributed by atoms with Crippen LogP contribution in [0.1, 0.15) is 27.7 Å². The van der Waals surface area contributed by atoms with Gasteiger partial charge in [0.15, 0.2) is 0 Å². The number of allylic oxidation sites excluding steroid dienone is 4. The van der Waals surface area contributed by atoms with E-state index >= 15 is 0 Å². The first-order chi connectivity index (χ1) is 5.97. The van der Waals surface area contributed by atoms with Crippen molar-refractivity contribution >= 4 is 9.52 Å². The fourth-order valence-corrected chi connectivity index (χ4v) is 1.99. The minimum atomic E-state index is 0.417. The first-order valence-corrected chi connectivity index (χ1v) is 8.68. The molecule has 1 rings (SSSR count). The van der Waals surface area contributed by atoms with Gasteiger partial charge in [-0.1, -0.05) is 13.1 Å². The summed E-state index contributed by atoms with van der Waals surface area (Å²) < 4.78 is 1.55. The van der Waals surface area contributed by atoms with Crippen LogP contribution in [0.25, 0.3) is 0 Å². The molecule has 0 aromatic rings. The fraction of sp³-hybridized carbons (Fsp3) is 0.636. The van der Waals surface area contributed by atoms with E-state index < -0.39 is 0 Å². The Balaban J connectivity index is 0.000000424. The van der Waals surface area contributed by atoms with E-state index in [0.717, 1.165) is 0 Å². The molecule has 1 aliphatic carbocycles. The predicted octanol–water partition coefficient (Wildman–Crippen LogP) is 3.04. The predicted molar refractivity (Wildman–Crippen MR) is 60.5 cm³/mol. The molecule has 1 aliphatic rings. The van der Waals surface area contributed by atoms with Crippen LogP contribution in [0.4, 0.5) is 0 Å². The van der Waals surface area contributed by atoms with Gasteiger partial charge in [0.05, 0.1) is 0 Å². The second-order valence-electron chi connectivity index (χ2n) is 3.78. The number of rotatable bonds is 0. The normalized spacial score (nSPS) is 21.8. The number of hydrogen-bond acceptors (Lipinski definition) is 0. The molecule has 0 saturated carbocycles. The molecule has 0 bridgehead atoms. The average Bonchev–Trinajstić information content (AvgIpc) is 2.25. The monoisotopic (exact) mass is 229 g/mol. The van der Waals surface area contributed by atoms with Crippen molar-refractivity contribution in [1.82, 2.24) is 0 Å². The Labute approximate surface area is 97.1 Å². The molecule has 0 aliphatic heterocycles. The minimum absolute atomic E-state index is 0.417. The molecular weight excluding hydrogens is 208 g/mol. The van der Waals surface area contributed by atoms with Crippen molar-refractivity contribution in [3.05, 3.63) is 20.6 Å². The molecule has 13 heavy (non-hydrogen) atoms. The minimum Gasteiger partial charge on any atom is -0.0750 e. The smallest absolute Gasteiger partial charge is 0.0135 e. The molecule has 0 spiro atoms. The maximum atomic E-state index is 2.28. The molecule has 0 nitrogen and oxygen atoms in total. The molecule has 1 atom stereocenters. The zero-order chi connectivity index (χ0) is 10.6. The molecule has 0 aromatic carbocycles. The second-order valence-corrected chi connectivity index (χ2v) is 6.03. The first kappa shape index (κ1) is 13.4. The molecule has 2 heteroatoms. The summed E-state index contributed by atoms with van der Waals surface area (Å²) in [4.78, 5) is 0. The Kier molecular flexibility index (Phi) is 6.19. The van der Waals surface area contributed by atoms with Gasteiger partial charge >= 0.3 is 74.6 Å². The van der Waals surface area contributed by atoms with Gasteiger partial charge < -0.3 is 0 Å². The van der Waals surface area contributed by atoms with Gasteiger partial charge in [-0.05, 0) is 0 Å². The maximum Gasteiger partial charge on any atom is 0.0135 e. The third-order valence-corrected chi connectivity index (χ3v) is 3.90. The molecule has 0 radical (unpaired) electrons. The van der Waals surface area contributed by atoms with E-state index in [1.807, 2.05) is 0 Å². The van der Waals surface area contributed by atoms with Crippen molar-refractivity contribution in [3.63, 3.8) is 0 Å². The van der Waals surface area contributed by atoms with E-state index in [4.69, 9.17) is 0 Å². The molecule has 0 amide bonds. The van der Waals surface area contributed by atoms with Crippen molar-refractivity contribution in [2.24, 2.45) is 5.92 Å². The van der Waals surface area contributed by atoms with Crippen LogP contribution >= 0.6 is 0 Å². The van der Waals surface area contributed by atoms with Gasteiger partial charge in [0.1, 0.15) is 0 Å². The van der Waals surface area contributed by atoms with Crippen LogP contribution in [0.5, 0.6) is 0 Å². The molecule has 0 fully saturated rings. The Bertz CT molecular complexity index is 214. The summed E-state index contributed by atoms with van der Waals surface area (Å²) in [6.07, 6.45) is 0. The summed E-state index contributed by atoms with van der Waals surface area (Å²) in [6, 6.07) is 0. The van der Waals surface area contributed by atoms with E-state index in [1.165, 1.54) is 11.1 Å². The molecule has 0 aromatic heterocycles. The zero-order valence-corrected chi connectivity index (χ0v) is 12.8. The Morgan fingerprint density at radius 2 is 1.46 bits per heavy atom.